The normalized spacial score (nSPS) is 13.2. The van der Waals surface area contributed by atoms with Crippen molar-refractivity contribution in [3.05, 3.63) is 58.8 Å². The average Bonchev–Trinajstić information content (AvgIpc) is 3.03. The number of ether oxygens (including phenoxy) is 1. The number of fused-ring (bicyclic) bond motifs is 2. The number of H-pyrrole nitrogens is 1. The van der Waals surface area contributed by atoms with E-state index in [1.807, 2.05) is 18.2 Å². The number of carbonyl (C=O) groups is 1. The summed E-state index contributed by atoms with van der Waals surface area (Å²) in [6.45, 7) is 0.222. The zero-order valence-corrected chi connectivity index (χ0v) is 12.7. The molecule has 5 nitrogen and oxygen atoms in total. The third kappa shape index (κ3) is 2.55. The van der Waals surface area contributed by atoms with Crippen LogP contribution in [0.2, 0.25) is 5.02 Å². The van der Waals surface area contributed by atoms with Gasteiger partial charge in [0, 0.05) is 16.0 Å². The highest BCUT2D eigenvalue weighted by molar-refractivity contribution is 6.30. The van der Waals surface area contributed by atoms with Gasteiger partial charge in [-0.25, -0.2) is 0 Å². The van der Waals surface area contributed by atoms with Crippen LogP contribution >= 0.6 is 11.6 Å². The van der Waals surface area contributed by atoms with Crippen molar-refractivity contribution in [1.82, 2.24) is 10.2 Å². The van der Waals surface area contributed by atoms with Crippen LogP contribution in [0.25, 0.3) is 17.0 Å². The monoisotopic (exact) mass is 325 g/mol. The molecule has 2 aromatic carbocycles. The molecular formula is C17H12ClN3O2. The van der Waals surface area contributed by atoms with Crippen molar-refractivity contribution in [2.24, 2.45) is 0 Å². The molecule has 0 saturated carbocycles. The van der Waals surface area contributed by atoms with Crippen LogP contribution in [0.1, 0.15) is 5.56 Å². The second-order valence-electron chi connectivity index (χ2n) is 5.23. The molecule has 1 aliphatic heterocycles. The van der Waals surface area contributed by atoms with E-state index >= 15 is 0 Å². The smallest absolute Gasteiger partial charge is 0.255 e. The minimum absolute atomic E-state index is 0.210. The fraction of sp³-hybridized carbons (Fsp3) is 0.0588. The number of benzene rings is 2. The summed E-state index contributed by atoms with van der Waals surface area (Å²) < 4.78 is 5.61. The van der Waals surface area contributed by atoms with Gasteiger partial charge in [0.25, 0.3) is 5.91 Å². The van der Waals surface area contributed by atoms with E-state index in [9.17, 15) is 4.79 Å². The summed E-state index contributed by atoms with van der Waals surface area (Å²) in [6, 6.07) is 11.0. The second-order valence-corrected chi connectivity index (χ2v) is 5.67. The third-order valence-electron chi connectivity index (χ3n) is 3.70. The Balaban J connectivity index is 1.64. The summed E-state index contributed by atoms with van der Waals surface area (Å²) >= 11 is 5.99. The van der Waals surface area contributed by atoms with E-state index in [-0.39, 0.29) is 12.5 Å². The zero-order chi connectivity index (χ0) is 15.8. The molecule has 0 fully saturated rings. The predicted molar refractivity (Wildman–Crippen MR) is 89.6 cm³/mol. The quantitative estimate of drug-likeness (QED) is 0.756. The van der Waals surface area contributed by atoms with E-state index in [0.29, 0.717) is 16.3 Å². The first-order valence-corrected chi connectivity index (χ1v) is 7.45. The number of para-hydroxylation sites is 1. The number of hydrogen-bond acceptors (Lipinski definition) is 3. The molecule has 3 aromatic rings. The topological polar surface area (TPSA) is 67.0 Å². The number of halogens is 1. The van der Waals surface area contributed by atoms with Gasteiger partial charge < -0.3 is 10.1 Å². The number of rotatable bonds is 2. The summed E-state index contributed by atoms with van der Waals surface area (Å²) in [5.74, 6) is 0.513. The molecule has 23 heavy (non-hydrogen) atoms. The zero-order valence-electron chi connectivity index (χ0n) is 12.0. The summed E-state index contributed by atoms with van der Waals surface area (Å²) in [5.41, 5.74) is 2.81. The molecule has 1 aromatic heterocycles. The molecule has 0 aliphatic carbocycles. The highest BCUT2D eigenvalue weighted by Crippen LogP contribution is 2.29. The van der Waals surface area contributed by atoms with Gasteiger partial charge in [-0.05, 0) is 30.3 Å². The second kappa shape index (κ2) is 5.44. The molecule has 0 bridgehead atoms. The Morgan fingerprint density at radius 1 is 1.30 bits per heavy atom. The van der Waals surface area contributed by atoms with Gasteiger partial charge in [0.2, 0.25) is 0 Å². The van der Waals surface area contributed by atoms with E-state index < -0.39 is 0 Å². The first-order chi connectivity index (χ1) is 11.2. The molecule has 1 amide bonds. The number of aromatic amines is 1. The van der Waals surface area contributed by atoms with Crippen LogP contribution in [0.3, 0.4) is 0 Å². The lowest BCUT2D eigenvalue weighted by Gasteiger charge is -2.18. The highest BCUT2D eigenvalue weighted by Gasteiger charge is 2.18. The Bertz CT molecular complexity index is 946. The number of aromatic nitrogens is 2. The van der Waals surface area contributed by atoms with Crippen LogP contribution in [-0.4, -0.2) is 22.7 Å². The lowest BCUT2D eigenvalue weighted by molar-refractivity contribution is -0.113. The summed E-state index contributed by atoms with van der Waals surface area (Å²) in [7, 11) is 0. The number of hydrogen-bond donors (Lipinski definition) is 2. The van der Waals surface area contributed by atoms with Gasteiger partial charge in [0.1, 0.15) is 12.4 Å². The van der Waals surface area contributed by atoms with Crippen molar-refractivity contribution in [2.75, 3.05) is 11.9 Å². The van der Waals surface area contributed by atoms with Crippen molar-refractivity contribution in [3.63, 3.8) is 0 Å². The Morgan fingerprint density at radius 3 is 3.13 bits per heavy atom. The van der Waals surface area contributed by atoms with Gasteiger partial charge in [-0.2, -0.15) is 5.10 Å². The minimum Gasteiger partial charge on any atom is -0.488 e. The first kappa shape index (κ1) is 13.8. The predicted octanol–water partition coefficient (Wildman–Crippen LogP) is 3.63. The molecule has 0 saturated heterocycles. The van der Waals surface area contributed by atoms with Crippen LogP contribution in [0.5, 0.6) is 5.75 Å². The van der Waals surface area contributed by atoms with Gasteiger partial charge in [-0.15, -0.1) is 0 Å². The molecule has 1 aliphatic rings. The van der Waals surface area contributed by atoms with Crippen molar-refractivity contribution < 1.29 is 9.53 Å². The van der Waals surface area contributed by atoms with Crippen molar-refractivity contribution in [3.8, 4) is 5.75 Å². The van der Waals surface area contributed by atoms with Gasteiger partial charge >= 0.3 is 0 Å². The molecule has 0 radical (unpaired) electrons. The van der Waals surface area contributed by atoms with Gasteiger partial charge in [-0.3, -0.25) is 9.89 Å². The van der Waals surface area contributed by atoms with Crippen LogP contribution in [0.15, 0.2) is 48.2 Å². The number of anilines is 1. The van der Waals surface area contributed by atoms with Gasteiger partial charge in [0.15, 0.2) is 0 Å². The molecule has 2 heterocycles. The van der Waals surface area contributed by atoms with Crippen molar-refractivity contribution in [1.29, 1.82) is 0 Å². The Kier molecular flexibility index (Phi) is 3.28. The molecule has 2 N–H and O–H groups in total. The van der Waals surface area contributed by atoms with Crippen molar-refractivity contribution in [2.45, 2.75) is 0 Å². The summed E-state index contributed by atoms with van der Waals surface area (Å²) in [6.07, 6.45) is 3.51. The van der Waals surface area contributed by atoms with Crippen LogP contribution in [0.4, 0.5) is 5.69 Å². The molecule has 4 rings (SSSR count). The van der Waals surface area contributed by atoms with E-state index in [1.165, 1.54) is 0 Å². The fourth-order valence-corrected chi connectivity index (χ4v) is 2.74. The maximum atomic E-state index is 12.5. The lowest BCUT2D eigenvalue weighted by Crippen LogP contribution is -2.21. The van der Waals surface area contributed by atoms with E-state index in [0.717, 1.165) is 22.2 Å². The minimum atomic E-state index is -0.210. The van der Waals surface area contributed by atoms with E-state index in [1.54, 1.807) is 30.5 Å². The molecule has 114 valence electrons. The maximum Gasteiger partial charge on any atom is 0.255 e. The largest absolute Gasteiger partial charge is 0.488 e. The van der Waals surface area contributed by atoms with Crippen LogP contribution in [0, 0.1) is 0 Å². The summed E-state index contributed by atoms with van der Waals surface area (Å²) in [4.78, 5) is 12.5. The third-order valence-corrected chi connectivity index (χ3v) is 3.94. The summed E-state index contributed by atoms with van der Waals surface area (Å²) in [5, 5.41) is 11.3. The van der Waals surface area contributed by atoms with E-state index in [2.05, 4.69) is 15.5 Å². The number of amides is 1. The standard InChI is InChI=1S/C17H12ClN3O2/c18-13-4-5-15-11(7-13)6-12(9-23-15)17(22)20-14-3-1-2-10-8-19-21-16(10)14/h1-8H,9H2,(H,19,21)(H,20,22). The SMILES string of the molecule is O=C(Nc1cccc2cn[nH]c12)C1=Cc2cc(Cl)ccc2OC1. The first-order valence-electron chi connectivity index (χ1n) is 7.07. The molecule has 0 atom stereocenters. The average molecular weight is 326 g/mol. The number of nitrogens with one attached hydrogen (secondary N) is 2. The van der Waals surface area contributed by atoms with Gasteiger partial charge in [0.05, 0.1) is 23.0 Å². The van der Waals surface area contributed by atoms with E-state index in [4.69, 9.17) is 16.3 Å². The highest BCUT2D eigenvalue weighted by atomic mass is 35.5. The molecule has 6 heteroatoms. The van der Waals surface area contributed by atoms with Crippen LogP contribution in [-0.2, 0) is 4.79 Å². The van der Waals surface area contributed by atoms with Crippen LogP contribution < -0.4 is 10.1 Å². The Morgan fingerprint density at radius 2 is 2.22 bits per heavy atom. The number of carbonyl (C=O) groups excluding carboxylic acids is 1. The maximum absolute atomic E-state index is 12.5. The molecule has 0 unspecified atom stereocenters. The Hall–Kier alpha value is -2.79. The van der Waals surface area contributed by atoms with Crippen molar-refractivity contribution >= 4 is 40.2 Å². The number of nitrogens with zero attached hydrogens (tertiary/aromatic N) is 1. The molecule has 0 spiro atoms. The fourth-order valence-electron chi connectivity index (χ4n) is 2.56. The lowest BCUT2D eigenvalue weighted by atomic mass is 10.1. The van der Waals surface area contributed by atoms with Gasteiger partial charge in [-0.1, -0.05) is 23.7 Å². The molecular weight excluding hydrogens is 314 g/mol. The Labute approximate surface area is 136 Å².